The third kappa shape index (κ3) is 3.87. The number of carbonyl (C=O) groups excluding carboxylic acids is 4. The number of hydrogen-bond donors (Lipinski definition) is 0. The van der Waals surface area contributed by atoms with Gasteiger partial charge in [0.1, 0.15) is 5.66 Å². The predicted octanol–water partition coefficient (Wildman–Crippen LogP) is 2.63. The molecule has 2 saturated heterocycles. The summed E-state index contributed by atoms with van der Waals surface area (Å²) in [7, 11) is 0. The second-order valence-electron chi connectivity index (χ2n) is 10.2. The van der Waals surface area contributed by atoms with Gasteiger partial charge in [-0.25, -0.2) is 0 Å². The third-order valence-corrected chi connectivity index (χ3v) is 8.17. The molecule has 0 aromatic heterocycles. The maximum atomic E-state index is 13.3. The topological polar surface area (TPSA) is 81.2 Å². The Morgan fingerprint density at radius 2 is 1.68 bits per heavy atom. The van der Waals surface area contributed by atoms with E-state index in [2.05, 4.69) is 0 Å². The van der Waals surface area contributed by atoms with E-state index in [9.17, 15) is 19.2 Å². The van der Waals surface area contributed by atoms with Crippen molar-refractivity contribution in [1.29, 1.82) is 0 Å². The highest BCUT2D eigenvalue weighted by atomic mass is 16.2. The predicted molar refractivity (Wildman–Crippen MR) is 127 cm³/mol. The van der Waals surface area contributed by atoms with Gasteiger partial charge in [-0.1, -0.05) is 25.0 Å². The van der Waals surface area contributed by atoms with Gasteiger partial charge >= 0.3 is 0 Å². The summed E-state index contributed by atoms with van der Waals surface area (Å²) in [5, 5.41) is 0. The van der Waals surface area contributed by atoms with Gasteiger partial charge < -0.3 is 14.7 Å². The Bertz CT molecular complexity index is 996. The van der Waals surface area contributed by atoms with Gasteiger partial charge in [-0.2, -0.15) is 0 Å². The number of amides is 4. The fraction of sp³-hybridized carbons (Fsp3) is 0.615. The summed E-state index contributed by atoms with van der Waals surface area (Å²) < 4.78 is 0. The van der Waals surface area contributed by atoms with Crippen LogP contribution in [0.1, 0.15) is 68.6 Å². The first-order valence-electron chi connectivity index (χ1n) is 12.7. The number of para-hydroxylation sites is 1. The van der Waals surface area contributed by atoms with Crippen molar-refractivity contribution in [2.45, 2.75) is 64.0 Å². The molecule has 1 saturated carbocycles. The summed E-state index contributed by atoms with van der Waals surface area (Å²) in [5.41, 5.74) is 0.553. The van der Waals surface area contributed by atoms with Gasteiger partial charge in [-0.3, -0.25) is 24.1 Å². The lowest BCUT2D eigenvalue weighted by Gasteiger charge is -2.48. The summed E-state index contributed by atoms with van der Waals surface area (Å²) in [6.07, 6.45) is 6.20. The van der Waals surface area contributed by atoms with Crippen molar-refractivity contribution in [3.63, 3.8) is 0 Å². The van der Waals surface area contributed by atoms with Crippen molar-refractivity contribution < 1.29 is 19.2 Å². The first kappa shape index (κ1) is 22.9. The molecule has 5 rings (SSSR count). The highest BCUT2D eigenvalue weighted by Crippen LogP contribution is 2.44. The van der Waals surface area contributed by atoms with Crippen molar-refractivity contribution in [3.8, 4) is 0 Å². The Morgan fingerprint density at radius 3 is 2.41 bits per heavy atom. The van der Waals surface area contributed by atoms with Crippen LogP contribution in [0.15, 0.2) is 24.3 Å². The minimum atomic E-state index is -0.683. The lowest BCUT2D eigenvalue weighted by molar-refractivity contribution is -0.142. The number of anilines is 1. The zero-order valence-corrected chi connectivity index (χ0v) is 20.0. The van der Waals surface area contributed by atoms with E-state index in [4.69, 9.17) is 0 Å². The van der Waals surface area contributed by atoms with E-state index in [0.29, 0.717) is 69.7 Å². The van der Waals surface area contributed by atoms with Crippen LogP contribution in [0.3, 0.4) is 0 Å². The Morgan fingerprint density at radius 1 is 1.00 bits per heavy atom. The SMILES string of the molecule is CC12CCC(=O)N1c1ccccc1C(=O)N2CCCC(=O)N1CCN(C(=O)C2CCCC2)CC1. The number of hydrogen-bond acceptors (Lipinski definition) is 4. The molecule has 3 heterocycles. The molecule has 4 amide bonds. The first-order chi connectivity index (χ1) is 16.4. The molecule has 0 spiro atoms. The van der Waals surface area contributed by atoms with E-state index < -0.39 is 5.66 Å². The number of fused-ring (bicyclic) bond motifs is 3. The zero-order valence-electron chi connectivity index (χ0n) is 20.0. The highest BCUT2D eigenvalue weighted by molar-refractivity contribution is 6.10. The smallest absolute Gasteiger partial charge is 0.257 e. The molecule has 8 nitrogen and oxygen atoms in total. The van der Waals surface area contributed by atoms with Gasteiger partial charge in [0, 0.05) is 51.5 Å². The van der Waals surface area contributed by atoms with Crippen molar-refractivity contribution in [3.05, 3.63) is 29.8 Å². The summed E-state index contributed by atoms with van der Waals surface area (Å²) in [6.45, 7) is 4.75. The number of benzene rings is 1. The van der Waals surface area contributed by atoms with Crippen molar-refractivity contribution in [2.75, 3.05) is 37.6 Å². The van der Waals surface area contributed by atoms with Crippen molar-refractivity contribution in [2.24, 2.45) is 5.92 Å². The maximum Gasteiger partial charge on any atom is 0.257 e. The summed E-state index contributed by atoms with van der Waals surface area (Å²) in [5.74, 6) is 0.474. The lowest BCUT2D eigenvalue weighted by atomic mass is 9.98. The maximum absolute atomic E-state index is 13.3. The highest BCUT2D eigenvalue weighted by Gasteiger charge is 2.52. The van der Waals surface area contributed by atoms with Crippen LogP contribution in [-0.2, 0) is 14.4 Å². The van der Waals surface area contributed by atoms with Gasteiger partial charge in [0.05, 0.1) is 11.3 Å². The average molecular weight is 467 g/mol. The standard InChI is InChI=1S/C26H34N4O4/c1-26-13-12-23(32)30(26)21-10-5-4-9-20(21)25(34)29(26)14-6-11-22(31)27-15-17-28(18-16-27)24(33)19-7-2-3-8-19/h4-5,9-10,19H,2-3,6-8,11-18H2,1H3. The number of nitrogens with zero attached hydrogens (tertiary/aromatic N) is 4. The summed E-state index contributed by atoms with van der Waals surface area (Å²) in [4.78, 5) is 58.8. The third-order valence-electron chi connectivity index (χ3n) is 8.17. The normalized spacial score (nSPS) is 25.1. The molecule has 3 fully saturated rings. The van der Waals surface area contributed by atoms with E-state index >= 15 is 0 Å². The summed E-state index contributed by atoms with van der Waals surface area (Å²) in [6, 6.07) is 7.28. The summed E-state index contributed by atoms with van der Waals surface area (Å²) >= 11 is 0. The van der Waals surface area contributed by atoms with Crippen LogP contribution in [0.25, 0.3) is 0 Å². The molecule has 8 heteroatoms. The fourth-order valence-electron chi connectivity index (χ4n) is 6.20. The van der Waals surface area contributed by atoms with E-state index in [1.807, 2.05) is 34.9 Å². The van der Waals surface area contributed by atoms with Crippen LogP contribution in [0, 0.1) is 5.92 Å². The molecule has 1 unspecified atom stereocenters. The molecular formula is C26H34N4O4. The van der Waals surface area contributed by atoms with Crippen LogP contribution >= 0.6 is 0 Å². The molecular weight excluding hydrogens is 432 g/mol. The van der Waals surface area contributed by atoms with E-state index in [0.717, 1.165) is 25.7 Å². The fourth-order valence-corrected chi connectivity index (χ4v) is 6.20. The molecule has 0 bridgehead atoms. The van der Waals surface area contributed by atoms with Gasteiger partial charge in [0.25, 0.3) is 5.91 Å². The molecule has 34 heavy (non-hydrogen) atoms. The molecule has 1 aromatic carbocycles. The van der Waals surface area contributed by atoms with Crippen LogP contribution < -0.4 is 4.90 Å². The Kier molecular flexibility index (Phi) is 6.08. The Balaban J connectivity index is 1.17. The Labute approximate surface area is 200 Å². The van der Waals surface area contributed by atoms with Crippen LogP contribution in [0.5, 0.6) is 0 Å². The quantitative estimate of drug-likeness (QED) is 0.668. The largest absolute Gasteiger partial charge is 0.339 e. The number of piperazine rings is 1. The molecule has 0 N–H and O–H groups in total. The number of carbonyl (C=O) groups is 4. The lowest BCUT2D eigenvalue weighted by Crippen LogP contribution is -2.62. The van der Waals surface area contributed by atoms with E-state index in [1.54, 1.807) is 15.9 Å². The number of rotatable bonds is 5. The van der Waals surface area contributed by atoms with Gasteiger partial charge in [-0.15, -0.1) is 0 Å². The molecule has 182 valence electrons. The zero-order chi connectivity index (χ0) is 23.9. The van der Waals surface area contributed by atoms with Gasteiger partial charge in [0.15, 0.2) is 0 Å². The molecule has 1 atom stereocenters. The monoisotopic (exact) mass is 466 g/mol. The molecule has 0 radical (unpaired) electrons. The van der Waals surface area contributed by atoms with Crippen LogP contribution in [-0.4, -0.2) is 76.7 Å². The van der Waals surface area contributed by atoms with Crippen LogP contribution in [0.4, 0.5) is 5.69 Å². The molecule has 4 aliphatic rings. The minimum Gasteiger partial charge on any atom is -0.339 e. The van der Waals surface area contributed by atoms with E-state index in [1.165, 1.54) is 0 Å². The van der Waals surface area contributed by atoms with Gasteiger partial charge in [-0.05, 0) is 44.7 Å². The molecule has 3 aliphatic heterocycles. The minimum absolute atomic E-state index is 0.0357. The Hall–Kier alpha value is -2.90. The molecule has 1 aromatic rings. The second-order valence-corrected chi connectivity index (χ2v) is 10.2. The molecule has 1 aliphatic carbocycles. The van der Waals surface area contributed by atoms with Crippen molar-refractivity contribution >= 4 is 29.3 Å². The first-order valence-corrected chi connectivity index (χ1v) is 12.7. The van der Waals surface area contributed by atoms with Crippen LogP contribution in [0.2, 0.25) is 0 Å². The average Bonchev–Trinajstić information content (AvgIpc) is 3.49. The van der Waals surface area contributed by atoms with Crippen molar-refractivity contribution in [1.82, 2.24) is 14.7 Å². The van der Waals surface area contributed by atoms with Gasteiger partial charge in [0.2, 0.25) is 17.7 Å². The second kappa shape index (κ2) is 9.04. The van der Waals surface area contributed by atoms with E-state index in [-0.39, 0.29) is 29.5 Å².